The molecular formula is C24H32ClNO2. The van der Waals surface area contributed by atoms with E-state index in [4.69, 9.17) is 4.74 Å². The Labute approximate surface area is 175 Å². The van der Waals surface area contributed by atoms with Crippen molar-refractivity contribution in [1.82, 2.24) is 4.90 Å². The maximum Gasteiger partial charge on any atom is 0.124 e. The Bertz CT molecular complexity index is 744. The maximum atomic E-state index is 10.8. The molecule has 1 heterocycles. The molecule has 4 heteroatoms. The molecule has 2 aliphatic rings. The number of ether oxygens (including phenoxy) is 1. The van der Waals surface area contributed by atoms with Crippen LogP contribution in [0.15, 0.2) is 48.5 Å². The van der Waals surface area contributed by atoms with Gasteiger partial charge in [-0.2, -0.15) is 0 Å². The van der Waals surface area contributed by atoms with Gasteiger partial charge in [0.15, 0.2) is 0 Å². The fourth-order valence-corrected chi connectivity index (χ4v) is 4.98. The van der Waals surface area contributed by atoms with E-state index in [-0.39, 0.29) is 12.4 Å². The smallest absolute Gasteiger partial charge is 0.124 e. The van der Waals surface area contributed by atoms with Gasteiger partial charge in [-0.1, -0.05) is 42.5 Å². The number of hydrogen-bond donors (Lipinski definition) is 1. The summed E-state index contributed by atoms with van der Waals surface area (Å²) in [5.41, 5.74) is 3.77. The molecule has 2 atom stereocenters. The van der Waals surface area contributed by atoms with Crippen LogP contribution in [0, 0.1) is 5.92 Å². The van der Waals surface area contributed by atoms with Crippen LogP contribution >= 0.6 is 12.4 Å². The average molecular weight is 402 g/mol. The first-order chi connectivity index (χ1) is 13.2. The molecule has 0 bridgehead atoms. The number of aliphatic hydroxyl groups excluding tert-OH is 1. The van der Waals surface area contributed by atoms with E-state index in [0.29, 0.717) is 11.8 Å². The summed E-state index contributed by atoms with van der Waals surface area (Å²) >= 11 is 0. The zero-order chi connectivity index (χ0) is 18.6. The van der Waals surface area contributed by atoms with Crippen LogP contribution in [0.4, 0.5) is 0 Å². The first-order valence-corrected chi connectivity index (χ1v) is 10.4. The summed E-state index contributed by atoms with van der Waals surface area (Å²) in [7, 11) is 1.70. The minimum absolute atomic E-state index is 0. The lowest BCUT2D eigenvalue weighted by atomic mass is 9.88. The summed E-state index contributed by atoms with van der Waals surface area (Å²) in [6, 6.07) is 17.1. The first kappa shape index (κ1) is 21.2. The molecule has 1 aliphatic carbocycles. The third kappa shape index (κ3) is 4.71. The molecule has 2 aromatic rings. The van der Waals surface area contributed by atoms with Crippen LogP contribution in [0.5, 0.6) is 5.75 Å². The van der Waals surface area contributed by atoms with E-state index in [9.17, 15) is 5.11 Å². The van der Waals surface area contributed by atoms with Gasteiger partial charge in [-0.3, -0.25) is 0 Å². The summed E-state index contributed by atoms with van der Waals surface area (Å²) in [5, 5.41) is 10.8. The molecule has 1 N–H and O–H groups in total. The Morgan fingerprint density at radius 1 is 1.00 bits per heavy atom. The van der Waals surface area contributed by atoms with Gasteiger partial charge in [0.25, 0.3) is 0 Å². The number of nitrogens with zero attached hydrogens (tertiary/aromatic N) is 1. The van der Waals surface area contributed by atoms with E-state index in [1.54, 1.807) is 7.11 Å². The number of hydrogen-bond acceptors (Lipinski definition) is 3. The van der Waals surface area contributed by atoms with Crippen molar-refractivity contribution in [3.05, 3.63) is 65.2 Å². The van der Waals surface area contributed by atoms with Crippen molar-refractivity contribution in [3.8, 4) is 5.75 Å². The summed E-state index contributed by atoms with van der Waals surface area (Å²) in [6.45, 7) is 3.44. The number of fused-ring (bicyclic) bond motifs is 1. The maximum absolute atomic E-state index is 10.8. The largest absolute Gasteiger partial charge is 0.496 e. The van der Waals surface area contributed by atoms with Crippen molar-refractivity contribution >= 4 is 12.4 Å². The zero-order valence-electron chi connectivity index (χ0n) is 16.7. The van der Waals surface area contributed by atoms with Gasteiger partial charge in [-0.25, -0.2) is 0 Å². The molecule has 1 fully saturated rings. The number of piperidine rings is 1. The third-order valence-corrected chi connectivity index (χ3v) is 6.46. The summed E-state index contributed by atoms with van der Waals surface area (Å²) in [4.78, 5) is 2.62. The first-order valence-electron chi connectivity index (χ1n) is 10.4. The SMILES string of the molecule is COc1cccc2c1C(O)CC(CN1CCC(c3ccccc3)CC1)CC2.Cl. The van der Waals surface area contributed by atoms with E-state index in [1.807, 2.05) is 12.1 Å². The summed E-state index contributed by atoms with van der Waals surface area (Å²) in [5.74, 6) is 2.09. The molecule has 1 saturated heterocycles. The minimum Gasteiger partial charge on any atom is -0.496 e. The van der Waals surface area contributed by atoms with Gasteiger partial charge < -0.3 is 14.7 Å². The van der Waals surface area contributed by atoms with Gasteiger partial charge in [0.1, 0.15) is 5.75 Å². The van der Waals surface area contributed by atoms with Crippen LogP contribution in [0.1, 0.15) is 54.4 Å². The Morgan fingerprint density at radius 3 is 2.46 bits per heavy atom. The molecule has 0 radical (unpaired) electrons. The molecule has 4 rings (SSSR count). The highest BCUT2D eigenvalue weighted by atomic mass is 35.5. The predicted molar refractivity (Wildman–Crippen MR) is 116 cm³/mol. The van der Waals surface area contributed by atoms with E-state index in [2.05, 4.69) is 41.3 Å². The number of aliphatic hydroxyl groups is 1. The third-order valence-electron chi connectivity index (χ3n) is 6.46. The number of benzene rings is 2. The summed E-state index contributed by atoms with van der Waals surface area (Å²) < 4.78 is 5.51. The molecule has 2 aromatic carbocycles. The van der Waals surface area contributed by atoms with Gasteiger partial charge in [-0.15, -0.1) is 12.4 Å². The van der Waals surface area contributed by atoms with E-state index in [1.165, 1.54) is 37.1 Å². The van der Waals surface area contributed by atoms with Crippen LogP contribution < -0.4 is 4.74 Å². The molecule has 2 unspecified atom stereocenters. The van der Waals surface area contributed by atoms with Crippen molar-refractivity contribution in [2.45, 2.75) is 44.1 Å². The molecule has 1 aliphatic heterocycles. The van der Waals surface area contributed by atoms with E-state index < -0.39 is 6.10 Å². The number of methoxy groups -OCH3 is 1. The van der Waals surface area contributed by atoms with Gasteiger partial charge in [0, 0.05) is 12.1 Å². The second kappa shape index (κ2) is 9.78. The van der Waals surface area contributed by atoms with E-state index in [0.717, 1.165) is 37.1 Å². The van der Waals surface area contributed by atoms with Crippen molar-refractivity contribution in [2.75, 3.05) is 26.7 Å². The van der Waals surface area contributed by atoms with Crippen LogP contribution in [-0.4, -0.2) is 36.8 Å². The minimum atomic E-state index is -0.412. The number of rotatable bonds is 4. The lowest BCUT2D eigenvalue weighted by molar-refractivity contribution is 0.115. The van der Waals surface area contributed by atoms with Crippen LogP contribution in [-0.2, 0) is 6.42 Å². The van der Waals surface area contributed by atoms with Gasteiger partial charge >= 0.3 is 0 Å². The number of aryl methyl sites for hydroxylation is 1. The molecular weight excluding hydrogens is 370 g/mol. The van der Waals surface area contributed by atoms with Gasteiger partial charge in [0.2, 0.25) is 0 Å². The standard InChI is InChI=1S/C24H31NO2.ClH/c1-27-23-9-5-8-21-11-10-18(16-22(26)24(21)23)17-25-14-12-20(13-15-25)19-6-3-2-4-7-19;/h2-9,18,20,22,26H,10-17H2,1H3;1H. The van der Waals surface area contributed by atoms with E-state index >= 15 is 0 Å². The Kier molecular flexibility index (Phi) is 7.39. The monoisotopic (exact) mass is 401 g/mol. The summed E-state index contributed by atoms with van der Waals surface area (Å²) in [6.07, 6.45) is 5.10. The topological polar surface area (TPSA) is 32.7 Å². The quantitative estimate of drug-likeness (QED) is 0.733. The molecule has 152 valence electrons. The van der Waals surface area contributed by atoms with Crippen molar-refractivity contribution < 1.29 is 9.84 Å². The molecule has 0 amide bonds. The van der Waals surface area contributed by atoms with Crippen LogP contribution in [0.2, 0.25) is 0 Å². The molecule has 0 saturated carbocycles. The van der Waals surface area contributed by atoms with Gasteiger partial charge in [-0.05, 0) is 74.2 Å². The molecule has 0 aromatic heterocycles. The molecule has 3 nitrogen and oxygen atoms in total. The van der Waals surface area contributed by atoms with Crippen molar-refractivity contribution in [1.29, 1.82) is 0 Å². The highest BCUT2D eigenvalue weighted by Gasteiger charge is 2.28. The number of halogens is 1. The Balaban J connectivity index is 0.00000225. The van der Waals surface area contributed by atoms with Crippen LogP contribution in [0.25, 0.3) is 0 Å². The highest BCUT2D eigenvalue weighted by Crippen LogP contribution is 2.38. The highest BCUT2D eigenvalue weighted by molar-refractivity contribution is 5.85. The lowest BCUT2D eigenvalue weighted by Crippen LogP contribution is -2.36. The average Bonchev–Trinajstić information content (AvgIpc) is 2.88. The van der Waals surface area contributed by atoms with Gasteiger partial charge in [0.05, 0.1) is 13.2 Å². The Hall–Kier alpha value is -1.55. The Morgan fingerprint density at radius 2 is 1.75 bits per heavy atom. The fraction of sp³-hybridized carbons (Fsp3) is 0.500. The lowest BCUT2D eigenvalue weighted by Gasteiger charge is -2.34. The molecule has 28 heavy (non-hydrogen) atoms. The predicted octanol–water partition coefficient (Wildman–Crippen LogP) is 4.98. The fourth-order valence-electron chi connectivity index (χ4n) is 4.98. The van der Waals surface area contributed by atoms with Crippen molar-refractivity contribution in [3.63, 3.8) is 0 Å². The normalized spacial score (nSPS) is 23.4. The molecule has 0 spiro atoms. The van der Waals surface area contributed by atoms with Crippen molar-refractivity contribution in [2.24, 2.45) is 5.92 Å². The van der Waals surface area contributed by atoms with Crippen LogP contribution in [0.3, 0.4) is 0 Å². The number of likely N-dealkylation sites (tertiary alicyclic amines) is 1. The second-order valence-corrected chi connectivity index (χ2v) is 8.17. The zero-order valence-corrected chi connectivity index (χ0v) is 17.5. The second-order valence-electron chi connectivity index (χ2n) is 8.17.